The highest BCUT2D eigenvalue weighted by atomic mass is 16.6. The molecule has 0 bridgehead atoms. The number of Topliss-reactive ketones (excluding diaryl/α,β-unsaturated/α-hetero) is 1. The number of nitriles is 1. The van der Waals surface area contributed by atoms with Crippen molar-refractivity contribution in [1.29, 1.82) is 5.26 Å². The first-order chi connectivity index (χ1) is 9.82. The van der Waals surface area contributed by atoms with Crippen molar-refractivity contribution in [2.75, 3.05) is 0 Å². The van der Waals surface area contributed by atoms with Crippen molar-refractivity contribution < 1.29 is 19.4 Å². The van der Waals surface area contributed by atoms with Crippen LogP contribution < -0.4 is 0 Å². The van der Waals surface area contributed by atoms with Crippen LogP contribution >= 0.6 is 0 Å². The SMILES string of the molecule is CC1(C)CC(O)=C(C(=O)Cc2ccc(C#N)cc2)C(=O)O1. The van der Waals surface area contributed by atoms with E-state index in [2.05, 4.69) is 0 Å². The van der Waals surface area contributed by atoms with Gasteiger partial charge < -0.3 is 9.84 Å². The van der Waals surface area contributed by atoms with Gasteiger partial charge in [0.05, 0.1) is 11.6 Å². The highest BCUT2D eigenvalue weighted by Crippen LogP contribution is 2.29. The Morgan fingerprint density at radius 1 is 1.38 bits per heavy atom. The molecule has 1 aliphatic rings. The summed E-state index contributed by atoms with van der Waals surface area (Å²) in [7, 11) is 0. The molecule has 108 valence electrons. The van der Waals surface area contributed by atoms with Crippen molar-refractivity contribution in [2.45, 2.75) is 32.3 Å². The molecule has 0 atom stereocenters. The number of esters is 1. The maximum absolute atomic E-state index is 12.2. The van der Waals surface area contributed by atoms with E-state index in [4.69, 9.17) is 10.00 Å². The molecule has 0 unspecified atom stereocenters. The molecule has 1 aromatic carbocycles. The summed E-state index contributed by atoms with van der Waals surface area (Å²) in [4.78, 5) is 24.0. The van der Waals surface area contributed by atoms with Crippen molar-refractivity contribution in [2.24, 2.45) is 0 Å². The predicted octanol–water partition coefficient (Wildman–Crippen LogP) is 2.21. The van der Waals surface area contributed by atoms with Gasteiger partial charge in [0.1, 0.15) is 16.9 Å². The summed E-state index contributed by atoms with van der Waals surface area (Å²) in [6.45, 7) is 3.34. The lowest BCUT2D eigenvalue weighted by Crippen LogP contribution is -2.37. The Morgan fingerprint density at radius 2 is 2.00 bits per heavy atom. The number of aliphatic hydroxyl groups is 1. The third-order valence-corrected chi connectivity index (χ3v) is 3.18. The van der Waals surface area contributed by atoms with Crippen LogP contribution in [0.15, 0.2) is 35.6 Å². The first-order valence-corrected chi connectivity index (χ1v) is 6.50. The second-order valence-corrected chi connectivity index (χ2v) is 5.56. The number of nitrogens with zero attached hydrogens (tertiary/aromatic N) is 1. The van der Waals surface area contributed by atoms with E-state index in [1.807, 2.05) is 6.07 Å². The lowest BCUT2D eigenvalue weighted by molar-refractivity contribution is -0.155. The fourth-order valence-corrected chi connectivity index (χ4v) is 2.19. The number of rotatable bonds is 3. The van der Waals surface area contributed by atoms with Gasteiger partial charge in [-0.3, -0.25) is 4.79 Å². The highest BCUT2D eigenvalue weighted by Gasteiger charge is 2.37. The molecule has 5 heteroatoms. The lowest BCUT2D eigenvalue weighted by atomic mass is 9.93. The van der Waals surface area contributed by atoms with Gasteiger partial charge in [-0.05, 0) is 31.5 Å². The number of aliphatic hydroxyl groups excluding tert-OH is 1. The number of cyclic esters (lactones) is 1. The van der Waals surface area contributed by atoms with Crippen LogP contribution in [-0.2, 0) is 20.7 Å². The molecule has 0 radical (unpaired) electrons. The molecule has 5 nitrogen and oxygen atoms in total. The molecular formula is C16H15NO4. The lowest BCUT2D eigenvalue weighted by Gasteiger charge is -2.29. The first-order valence-electron chi connectivity index (χ1n) is 6.50. The Labute approximate surface area is 122 Å². The zero-order valence-electron chi connectivity index (χ0n) is 11.8. The second kappa shape index (κ2) is 5.41. The molecule has 0 aromatic heterocycles. The van der Waals surface area contributed by atoms with E-state index in [9.17, 15) is 14.7 Å². The normalized spacial score (nSPS) is 17.1. The Kier molecular flexibility index (Phi) is 3.81. The molecule has 1 heterocycles. The average Bonchev–Trinajstić information content (AvgIpc) is 2.37. The summed E-state index contributed by atoms with van der Waals surface area (Å²) in [5, 5.41) is 18.6. The van der Waals surface area contributed by atoms with Gasteiger partial charge in [0.2, 0.25) is 0 Å². The molecule has 0 saturated carbocycles. The van der Waals surface area contributed by atoms with Crippen LogP contribution in [0, 0.1) is 11.3 Å². The molecule has 21 heavy (non-hydrogen) atoms. The molecule has 0 spiro atoms. The van der Waals surface area contributed by atoms with E-state index in [1.165, 1.54) is 0 Å². The summed E-state index contributed by atoms with van der Waals surface area (Å²) in [6.07, 6.45) is 0.0911. The summed E-state index contributed by atoms with van der Waals surface area (Å²) in [6, 6.07) is 8.47. The zero-order valence-corrected chi connectivity index (χ0v) is 11.8. The van der Waals surface area contributed by atoms with Crippen molar-refractivity contribution in [3.63, 3.8) is 0 Å². The summed E-state index contributed by atoms with van der Waals surface area (Å²) >= 11 is 0. The van der Waals surface area contributed by atoms with Gasteiger partial charge >= 0.3 is 5.97 Å². The maximum atomic E-state index is 12.2. The molecule has 0 saturated heterocycles. The topological polar surface area (TPSA) is 87.4 Å². The molecular weight excluding hydrogens is 270 g/mol. The number of hydrogen-bond acceptors (Lipinski definition) is 5. The summed E-state index contributed by atoms with van der Waals surface area (Å²) < 4.78 is 5.13. The van der Waals surface area contributed by atoms with Crippen molar-refractivity contribution in [1.82, 2.24) is 0 Å². The fraction of sp³-hybridized carbons (Fsp3) is 0.312. The minimum absolute atomic E-state index is 0.0272. The fourth-order valence-electron chi connectivity index (χ4n) is 2.19. The van der Waals surface area contributed by atoms with Gasteiger partial charge in [-0.2, -0.15) is 5.26 Å². The third-order valence-electron chi connectivity index (χ3n) is 3.18. The summed E-state index contributed by atoms with van der Waals surface area (Å²) in [5.41, 5.74) is 0.0713. The number of carbonyl (C=O) groups is 2. The van der Waals surface area contributed by atoms with Gasteiger partial charge in [0.15, 0.2) is 5.78 Å². The van der Waals surface area contributed by atoms with Gasteiger partial charge in [0, 0.05) is 12.8 Å². The van der Waals surface area contributed by atoms with Crippen LogP contribution in [0.4, 0.5) is 0 Å². The second-order valence-electron chi connectivity index (χ2n) is 5.56. The van der Waals surface area contributed by atoms with E-state index in [-0.39, 0.29) is 24.2 Å². The van der Waals surface area contributed by atoms with Crippen molar-refractivity contribution in [3.05, 3.63) is 46.7 Å². The monoisotopic (exact) mass is 285 g/mol. The van der Waals surface area contributed by atoms with Crippen molar-refractivity contribution >= 4 is 11.8 Å². The molecule has 0 amide bonds. The van der Waals surface area contributed by atoms with Crippen LogP contribution in [0.25, 0.3) is 0 Å². The molecule has 1 aromatic rings. The Hall–Kier alpha value is -2.61. The van der Waals surface area contributed by atoms with E-state index in [0.717, 1.165) is 0 Å². The van der Waals surface area contributed by atoms with Crippen LogP contribution in [0.1, 0.15) is 31.4 Å². The maximum Gasteiger partial charge on any atom is 0.345 e. The van der Waals surface area contributed by atoms with Gasteiger partial charge in [-0.25, -0.2) is 4.79 Å². The van der Waals surface area contributed by atoms with E-state index in [1.54, 1.807) is 38.1 Å². The molecule has 0 aliphatic carbocycles. The molecule has 1 N–H and O–H groups in total. The standard InChI is InChI=1S/C16H15NO4/c1-16(2)8-13(19)14(15(20)21-16)12(18)7-10-3-5-11(9-17)6-4-10/h3-6,19H,7-8H2,1-2H3. The number of hydrogen-bond donors (Lipinski definition) is 1. The molecule has 0 fully saturated rings. The van der Waals surface area contributed by atoms with Gasteiger partial charge in [-0.1, -0.05) is 12.1 Å². The van der Waals surface area contributed by atoms with E-state index >= 15 is 0 Å². The Balaban J connectivity index is 2.20. The number of carbonyl (C=O) groups excluding carboxylic acids is 2. The Bertz CT molecular complexity index is 663. The number of ketones is 1. The van der Waals surface area contributed by atoms with Gasteiger partial charge in [-0.15, -0.1) is 0 Å². The molecule has 2 rings (SSSR count). The van der Waals surface area contributed by atoms with Crippen LogP contribution in [-0.4, -0.2) is 22.5 Å². The van der Waals surface area contributed by atoms with E-state index < -0.39 is 17.4 Å². The van der Waals surface area contributed by atoms with Gasteiger partial charge in [0.25, 0.3) is 0 Å². The van der Waals surface area contributed by atoms with E-state index in [0.29, 0.717) is 11.1 Å². The minimum Gasteiger partial charge on any atom is -0.511 e. The first kappa shape index (κ1) is 14.8. The third kappa shape index (κ3) is 3.29. The minimum atomic E-state index is -0.806. The predicted molar refractivity (Wildman–Crippen MR) is 74.3 cm³/mol. The Morgan fingerprint density at radius 3 is 2.52 bits per heavy atom. The average molecular weight is 285 g/mol. The van der Waals surface area contributed by atoms with Crippen LogP contribution in [0.2, 0.25) is 0 Å². The number of benzene rings is 1. The summed E-state index contributed by atoms with van der Waals surface area (Å²) in [5.74, 6) is -1.50. The smallest absolute Gasteiger partial charge is 0.345 e. The molecule has 1 aliphatic heterocycles. The highest BCUT2D eigenvalue weighted by molar-refractivity contribution is 6.18. The quantitative estimate of drug-likeness (QED) is 0.679. The zero-order chi connectivity index (χ0) is 15.6. The number of ether oxygens (including phenoxy) is 1. The van der Waals surface area contributed by atoms with Crippen LogP contribution in [0.5, 0.6) is 0 Å². The van der Waals surface area contributed by atoms with Crippen LogP contribution in [0.3, 0.4) is 0 Å². The largest absolute Gasteiger partial charge is 0.511 e. The van der Waals surface area contributed by atoms with Crippen molar-refractivity contribution in [3.8, 4) is 6.07 Å².